The summed E-state index contributed by atoms with van der Waals surface area (Å²) in [6.45, 7) is 0. The Labute approximate surface area is 143 Å². The van der Waals surface area contributed by atoms with E-state index in [2.05, 4.69) is 9.97 Å². The number of ether oxygens (including phenoxy) is 2. The van der Waals surface area contributed by atoms with Crippen LogP contribution in [-0.2, 0) is 0 Å². The fraction of sp³-hybridized carbons (Fsp3) is 0.100. The van der Waals surface area contributed by atoms with E-state index < -0.39 is 0 Å². The van der Waals surface area contributed by atoms with E-state index in [0.29, 0.717) is 22.5 Å². The van der Waals surface area contributed by atoms with Gasteiger partial charge < -0.3 is 14.5 Å². The van der Waals surface area contributed by atoms with Crippen molar-refractivity contribution < 1.29 is 9.47 Å². The summed E-state index contributed by atoms with van der Waals surface area (Å²) in [5.74, 6) is 1.86. The van der Waals surface area contributed by atoms with Crippen molar-refractivity contribution in [2.24, 2.45) is 0 Å². The average Bonchev–Trinajstić information content (AvgIpc) is 2.66. The zero-order valence-electron chi connectivity index (χ0n) is 13.9. The molecule has 0 saturated carbocycles. The summed E-state index contributed by atoms with van der Waals surface area (Å²) >= 11 is 0. The van der Waals surface area contributed by atoms with Gasteiger partial charge in [-0.1, -0.05) is 24.3 Å². The number of para-hydroxylation sites is 1. The Hall–Kier alpha value is -3.34. The lowest BCUT2D eigenvalue weighted by Gasteiger charge is -2.12. The Morgan fingerprint density at radius 3 is 2.48 bits per heavy atom. The molecule has 4 aromatic rings. The fourth-order valence-corrected chi connectivity index (χ4v) is 3.02. The van der Waals surface area contributed by atoms with E-state index in [-0.39, 0.29) is 5.56 Å². The SMILES string of the molecule is COc1cc2c(OC)cccc2cc1-c1nc2ccccc2c(=O)[nH]1. The molecule has 0 bridgehead atoms. The third-order valence-corrected chi connectivity index (χ3v) is 4.25. The molecule has 0 spiro atoms. The Morgan fingerprint density at radius 1 is 0.880 bits per heavy atom. The highest BCUT2D eigenvalue weighted by Gasteiger charge is 2.14. The van der Waals surface area contributed by atoms with Gasteiger partial charge in [-0.25, -0.2) is 4.98 Å². The van der Waals surface area contributed by atoms with Crippen LogP contribution in [0.1, 0.15) is 0 Å². The average molecular weight is 332 g/mol. The van der Waals surface area contributed by atoms with Gasteiger partial charge in [0.2, 0.25) is 0 Å². The highest BCUT2D eigenvalue weighted by atomic mass is 16.5. The van der Waals surface area contributed by atoms with E-state index in [1.165, 1.54) is 0 Å². The topological polar surface area (TPSA) is 64.2 Å². The van der Waals surface area contributed by atoms with Gasteiger partial charge in [-0.15, -0.1) is 0 Å². The van der Waals surface area contributed by atoms with E-state index in [4.69, 9.17) is 9.47 Å². The number of hydrogen-bond donors (Lipinski definition) is 1. The number of aromatic amines is 1. The van der Waals surface area contributed by atoms with Crippen molar-refractivity contribution in [2.75, 3.05) is 14.2 Å². The second-order valence-electron chi connectivity index (χ2n) is 5.67. The Kier molecular flexibility index (Phi) is 3.61. The van der Waals surface area contributed by atoms with Crippen LogP contribution < -0.4 is 15.0 Å². The van der Waals surface area contributed by atoms with Gasteiger partial charge in [0, 0.05) is 5.39 Å². The zero-order valence-corrected chi connectivity index (χ0v) is 13.9. The predicted molar refractivity (Wildman–Crippen MR) is 98.4 cm³/mol. The third kappa shape index (κ3) is 2.50. The maximum Gasteiger partial charge on any atom is 0.259 e. The Balaban J connectivity index is 2.02. The summed E-state index contributed by atoms with van der Waals surface area (Å²) in [4.78, 5) is 19.8. The van der Waals surface area contributed by atoms with Crippen molar-refractivity contribution in [3.8, 4) is 22.9 Å². The number of hydrogen-bond acceptors (Lipinski definition) is 4. The molecular formula is C20H16N2O3. The first-order valence-electron chi connectivity index (χ1n) is 7.85. The van der Waals surface area contributed by atoms with Crippen molar-refractivity contribution in [3.05, 3.63) is 65.0 Å². The standard InChI is InChI=1S/C20H16N2O3/c1-24-17-9-5-6-12-10-15(18(25-2)11-14(12)17)19-21-16-8-4-3-7-13(16)20(23)22-19/h3-11H,1-2H3,(H,21,22,23). The molecule has 3 aromatic carbocycles. The molecule has 5 heteroatoms. The van der Waals surface area contributed by atoms with Crippen LogP contribution in [0.4, 0.5) is 0 Å². The number of nitrogens with zero attached hydrogens (tertiary/aromatic N) is 1. The van der Waals surface area contributed by atoms with Crippen LogP contribution in [0.5, 0.6) is 11.5 Å². The van der Waals surface area contributed by atoms with Crippen LogP contribution in [0.25, 0.3) is 33.1 Å². The molecule has 1 N–H and O–H groups in total. The highest BCUT2D eigenvalue weighted by molar-refractivity contribution is 5.94. The van der Waals surface area contributed by atoms with Crippen LogP contribution >= 0.6 is 0 Å². The van der Waals surface area contributed by atoms with Crippen LogP contribution in [0, 0.1) is 0 Å². The smallest absolute Gasteiger partial charge is 0.259 e. The number of methoxy groups -OCH3 is 2. The van der Waals surface area contributed by atoms with Crippen LogP contribution in [0.15, 0.2) is 59.4 Å². The molecule has 0 amide bonds. The van der Waals surface area contributed by atoms with Crippen molar-refractivity contribution in [2.45, 2.75) is 0 Å². The van der Waals surface area contributed by atoms with Crippen molar-refractivity contribution in [3.63, 3.8) is 0 Å². The van der Waals surface area contributed by atoms with Crippen LogP contribution in [-0.4, -0.2) is 24.2 Å². The van der Waals surface area contributed by atoms with Crippen molar-refractivity contribution >= 4 is 21.7 Å². The number of H-pyrrole nitrogens is 1. The molecule has 5 nitrogen and oxygen atoms in total. The molecule has 0 fully saturated rings. The van der Waals surface area contributed by atoms with Crippen molar-refractivity contribution in [1.29, 1.82) is 0 Å². The molecule has 1 heterocycles. The second-order valence-corrected chi connectivity index (χ2v) is 5.67. The van der Waals surface area contributed by atoms with E-state index in [0.717, 1.165) is 22.1 Å². The molecule has 0 aliphatic heterocycles. The van der Waals surface area contributed by atoms with E-state index in [1.807, 2.05) is 48.5 Å². The molecular weight excluding hydrogens is 316 g/mol. The Morgan fingerprint density at radius 2 is 1.68 bits per heavy atom. The minimum Gasteiger partial charge on any atom is -0.496 e. The quantitative estimate of drug-likeness (QED) is 0.620. The fourth-order valence-electron chi connectivity index (χ4n) is 3.02. The maximum atomic E-state index is 12.4. The lowest BCUT2D eigenvalue weighted by molar-refractivity contribution is 0.413. The van der Waals surface area contributed by atoms with Gasteiger partial charge in [0.1, 0.15) is 17.3 Å². The van der Waals surface area contributed by atoms with Crippen molar-refractivity contribution in [1.82, 2.24) is 9.97 Å². The molecule has 4 rings (SSSR count). The minimum absolute atomic E-state index is 0.173. The van der Waals surface area contributed by atoms with E-state index in [1.54, 1.807) is 20.3 Å². The number of rotatable bonds is 3. The maximum absolute atomic E-state index is 12.4. The first-order valence-corrected chi connectivity index (χ1v) is 7.85. The molecule has 0 aliphatic carbocycles. The summed E-state index contributed by atoms with van der Waals surface area (Å²) in [6.07, 6.45) is 0. The number of nitrogens with one attached hydrogen (secondary N) is 1. The molecule has 1 aromatic heterocycles. The normalized spacial score (nSPS) is 11.0. The number of aromatic nitrogens is 2. The van der Waals surface area contributed by atoms with Gasteiger partial charge in [-0.05, 0) is 35.7 Å². The molecule has 0 atom stereocenters. The minimum atomic E-state index is -0.173. The molecule has 0 saturated heterocycles. The predicted octanol–water partition coefficient (Wildman–Crippen LogP) is 3.76. The summed E-state index contributed by atoms with van der Waals surface area (Å²) in [5.41, 5.74) is 1.20. The van der Waals surface area contributed by atoms with Gasteiger partial charge in [-0.3, -0.25) is 4.79 Å². The van der Waals surface area contributed by atoms with Gasteiger partial charge >= 0.3 is 0 Å². The highest BCUT2D eigenvalue weighted by Crippen LogP contribution is 2.36. The third-order valence-electron chi connectivity index (χ3n) is 4.25. The van der Waals surface area contributed by atoms with Gasteiger partial charge in [0.05, 0.1) is 30.7 Å². The molecule has 25 heavy (non-hydrogen) atoms. The first kappa shape index (κ1) is 15.2. The summed E-state index contributed by atoms with van der Waals surface area (Å²) in [7, 11) is 3.23. The summed E-state index contributed by atoms with van der Waals surface area (Å²) in [6, 6.07) is 16.9. The monoisotopic (exact) mass is 332 g/mol. The number of fused-ring (bicyclic) bond motifs is 2. The Bertz CT molecular complexity index is 1150. The number of benzene rings is 3. The zero-order chi connectivity index (χ0) is 17.4. The lowest BCUT2D eigenvalue weighted by atomic mass is 10.0. The molecule has 124 valence electrons. The molecule has 0 unspecified atom stereocenters. The van der Waals surface area contributed by atoms with Crippen LogP contribution in [0.3, 0.4) is 0 Å². The van der Waals surface area contributed by atoms with Gasteiger partial charge in [0.25, 0.3) is 5.56 Å². The van der Waals surface area contributed by atoms with Gasteiger partial charge in [0.15, 0.2) is 0 Å². The van der Waals surface area contributed by atoms with E-state index in [9.17, 15) is 4.79 Å². The second kappa shape index (κ2) is 5.94. The molecule has 0 aliphatic rings. The first-order chi connectivity index (χ1) is 12.2. The van der Waals surface area contributed by atoms with Gasteiger partial charge in [-0.2, -0.15) is 0 Å². The lowest BCUT2D eigenvalue weighted by Crippen LogP contribution is -2.09. The van der Waals surface area contributed by atoms with E-state index >= 15 is 0 Å². The largest absolute Gasteiger partial charge is 0.496 e. The summed E-state index contributed by atoms with van der Waals surface area (Å²) in [5, 5.41) is 2.48. The summed E-state index contributed by atoms with van der Waals surface area (Å²) < 4.78 is 11.0. The molecule has 0 radical (unpaired) electrons. The van der Waals surface area contributed by atoms with Crippen LogP contribution in [0.2, 0.25) is 0 Å².